The van der Waals surface area contributed by atoms with E-state index in [9.17, 15) is 9.59 Å². The zero-order valence-electron chi connectivity index (χ0n) is 15.8. The fourth-order valence-electron chi connectivity index (χ4n) is 2.95. The highest BCUT2D eigenvalue weighted by molar-refractivity contribution is 6.08. The van der Waals surface area contributed by atoms with Gasteiger partial charge in [-0.1, -0.05) is 18.2 Å². The number of urea groups is 1. The Morgan fingerprint density at radius 3 is 2.20 bits per heavy atom. The van der Waals surface area contributed by atoms with Crippen molar-refractivity contribution in [3.8, 4) is 16.9 Å². The van der Waals surface area contributed by atoms with E-state index in [1.54, 1.807) is 53.6 Å². The minimum Gasteiger partial charge on any atom is -0.351 e. The number of carbonyl (C=O) groups excluding carboxylic acids is 2. The molecule has 0 saturated heterocycles. The molecule has 0 aliphatic carbocycles. The van der Waals surface area contributed by atoms with Crippen molar-refractivity contribution in [2.75, 3.05) is 10.6 Å². The number of pyridine rings is 1. The molecule has 0 aliphatic heterocycles. The Labute approximate surface area is 172 Å². The van der Waals surface area contributed by atoms with Crippen LogP contribution >= 0.6 is 0 Å². The number of primary amides is 1. The molecule has 8 heteroatoms. The predicted molar refractivity (Wildman–Crippen MR) is 114 cm³/mol. The Kier molecular flexibility index (Phi) is 5.21. The maximum Gasteiger partial charge on any atom is 0.316 e. The molecule has 4 rings (SSSR count). The number of hydrogen-bond acceptors (Lipinski definition) is 4. The highest BCUT2D eigenvalue weighted by atomic mass is 16.2. The van der Waals surface area contributed by atoms with Gasteiger partial charge in [0.2, 0.25) is 0 Å². The van der Waals surface area contributed by atoms with Gasteiger partial charge in [0.1, 0.15) is 5.69 Å². The minimum atomic E-state index is -0.652. The number of aromatic nitrogens is 3. The molecule has 0 spiro atoms. The van der Waals surface area contributed by atoms with E-state index in [0.717, 1.165) is 11.3 Å². The Morgan fingerprint density at radius 2 is 1.57 bits per heavy atom. The molecule has 0 radical (unpaired) electrons. The molecular formula is C22H18N6O2. The molecule has 0 fully saturated rings. The van der Waals surface area contributed by atoms with Crippen LogP contribution in [0, 0.1) is 0 Å². The molecule has 2 heterocycles. The molecule has 0 saturated carbocycles. The topological polar surface area (TPSA) is 115 Å². The van der Waals surface area contributed by atoms with Gasteiger partial charge in [-0.3, -0.25) is 9.78 Å². The zero-order valence-corrected chi connectivity index (χ0v) is 15.8. The number of hydrogen-bond donors (Lipinski definition) is 3. The van der Waals surface area contributed by atoms with E-state index in [2.05, 4.69) is 20.7 Å². The van der Waals surface area contributed by atoms with Gasteiger partial charge in [-0.25, -0.2) is 9.48 Å². The third kappa shape index (κ3) is 4.17. The highest BCUT2D eigenvalue weighted by Crippen LogP contribution is 2.24. The second-order valence-corrected chi connectivity index (χ2v) is 6.43. The molecule has 2 aromatic carbocycles. The van der Waals surface area contributed by atoms with Gasteiger partial charge < -0.3 is 16.4 Å². The van der Waals surface area contributed by atoms with E-state index in [1.165, 1.54) is 0 Å². The summed E-state index contributed by atoms with van der Waals surface area (Å²) in [5.74, 6) is -0.313. The lowest BCUT2D eigenvalue weighted by atomic mass is 10.1. The second kappa shape index (κ2) is 8.27. The van der Waals surface area contributed by atoms with E-state index < -0.39 is 6.03 Å². The van der Waals surface area contributed by atoms with Crippen molar-refractivity contribution >= 4 is 23.3 Å². The van der Waals surface area contributed by atoms with Gasteiger partial charge in [0, 0.05) is 35.5 Å². The molecule has 30 heavy (non-hydrogen) atoms. The minimum absolute atomic E-state index is 0.313. The maximum atomic E-state index is 13.0. The molecule has 2 aromatic heterocycles. The number of anilines is 2. The molecule has 0 bridgehead atoms. The first-order valence-corrected chi connectivity index (χ1v) is 9.13. The van der Waals surface area contributed by atoms with Crippen LogP contribution in [0.25, 0.3) is 16.9 Å². The molecule has 8 nitrogen and oxygen atoms in total. The van der Waals surface area contributed by atoms with Crippen LogP contribution in [-0.2, 0) is 0 Å². The summed E-state index contributed by atoms with van der Waals surface area (Å²) in [5.41, 5.74) is 8.72. The molecule has 4 N–H and O–H groups in total. The molecule has 3 amide bonds. The van der Waals surface area contributed by atoms with Crippen molar-refractivity contribution in [1.29, 1.82) is 0 Å². The van der Waals surface area contributed by atoms with Crippen molar-refractivity contribution in [2.45, 2.75) is 0 Å². The normalized spacial score (nSPS) is 10.4. The van der Waals surface area contributed by atoms with Gasteiger partial charge in [0.15, 0.2) is 0 Å². The van der Waals surface area contributed by atoms with Crippen LogP contribution in [0.4, 0.5) is 16.2 Å². The van der Waals surface area contributed by atoms with Gasteiger partial charge in [0.05, 0.1) is 11.3 Å². The average Bonchev–Trinajstić information content (AvgIpc) is 3.22. The number of benzene rings is 2. The summed E-state index contributed by atoms with van der Waals surface area (Å²) in [6, 6.07) is 19.2. The lowest BCUT2D eigenvalue weighted by Crippen LogP contribution is -2.19. The highest BCUT2D eigenvalue weighted by Gasteiger charge is 2.19. The van der Waals surface area contributed by atoms with Gasteiger partial charge >= 0.3 is 6.03 Å². The summed E-state index contributed by atoms with van der Waals surface area (Å²) in [6.07, 6.45) is 5.02. The summed E-state index contributed by atoms with van der Waals surface area (Å²) in [6.45, 7) is 0. The third-order valence-electron chi connectivity index (χ3n) is 4.32. The monoisotopic (exact) mass is 398 g/mol. The van der Waals surface area contributed by atoms with E-state index >= 15 is 0 Å². The number of amides is 3. The molecule has 148 valence electrons. The smallest absolute Gasteiger partial charge is 0.316 e. The van der Waals surface area contributed by atoms with Crippen LogP contribution in [0.1, 0.15) is 10.4 Å². The van der Waals surface area contributed by atoms with Gasteiger partial charge in [-0.15, -0.1) is 0 Å². The summed E-state index contributed by atoms with van der Waals surface area (Å²) in [7, 11) is 0. The van der Waals surface area contributed by atoms with Gasteiger partial charge in [0.25, 0.3) is 5.91 Å². The summed E-state index contributed by atoms with van der Waals surface area (Å²) in [4.78, 5) is 28.1. The molecule has 0 aliphatic rings. The van der Waals surface area contributed by atoms with E-state index in [-0.39, 0.29) is 5.91 Å². The molecule has 4 aromatic rings. The van der Waals surface area contributed by atoms with Crippen LogP contribution in [0.3, 0.4) is 0 Å². The van der Waals surface area contributed by atoms with Crippen molar-refractivity contribution in [3.05, 3.63) is 90.9 Å². The summed E-state index contributed by atoms with van der Waals surface area (Å²) in [5, 5.41) is 9.95. The molecular weight excluding hydrogens is 380 g/mol. The first-order chi connectivity index (χ1) is 14.6. The van der Waals surface area contributed by atoms with Gasteiger partial charge in [-0.05, 0) is 48.5 Å². The van der Waals surface area contributed by atoms with Crippen molar-refractivity contribution < 1.29 is 9.59 Å². The first kappa shape index (κ1) is 18.9. The second-order valence-electron chi connectivity index (χ2n) is 6.43. The quantitative estimate of drug-likeness (QED) is 0.476. The van der Waals surface area contributed by atoms with Gasteiger partial charge in [-0.2, -0.15) is 5.10 Å². The van der Waals surface area contributed by atoms with E-state index in [1.807, 2.05) is 36.4 Å². The fraction of sp³-hybridized carbons (Fsp3) is 0. The first-order valence-electron chi connectivity index (χ1n) is 9.13. The molecule has 0 unspecified atom stereocenters. The van der Waals surface area contributed by atoms with Crippen LogP contribution in [0.5, 0.6) is 0 Å². The number of carbonyl (C=O) groups is 2. The lowest BCUT2D eigenvalue weighted by Gasteiger charge is -2.07. The average molecular weight is 398 g/mol. The summed E-state index contributed by atoms with van der Waals surface area (Å²) < 4.78 is 1.66. The Morgan fingerprint density at radius 1 is 0.867 bits per heavy atom. The van der Waals surface area contributed by atoms with Crippen LogP contribution < -0.4 is 16.4 Å². The zero-order chi connectivity index (χ0) is 20.9. The van der Waals surface area contributed by atoms with Crippen molar-refractivity contribution in [1.82, 2.24) is 14.8 Å². The maximum absolute atomic E-state index is 13.0. The Balaban J connectivity index is 1.65. The largest absolute Gasteiger partial charge is 0.351 e. The van der Waals surface area contributed by atoms with E-state index in [0.29, 0.717) is 22.6 Å². The standard InChI is InChI=1S/C22H18N6O2/c23-22(30)26-17-10-8-16(9-11-17)25-21(29)19-14-28(18-6-2-1-3-7-18)27-20(19)15-5-4-12-24-13-15/h1-14H,(H,25,29)(H3,23,26,30). The molecule has 0 atom stereocenters. The number of nitrogens with two attached hydrogens (primary N) is 1. The Bertz CT molecular complexity index is 1170. The fourth-order valence-corrected chi connectivity index (χ4v) is 2.95. The predicted octanol–water partition coefficient (Wildman–Crippen LogP) is 3.68. The van der Waals surface area contributed by atoms with Crippen LogP contribution in [0.15, 0.2) is 85.3 Å². The number of nitrogens with zero attached hydrogens (tertiary/aromatic N) is 3. The van der Waals surface area contributed by atoms with Crippen molar-refractivity contribution in [2.24, 2.45) is 5.73 Å². The third-order valence-corrected chi connectivity index (χ3v) is 4.32. The lowest BCUT2D eigenvalue weighted by molar-refractivity contribution is 0.102. The SMILES string of the molecule is NC(=O)Nc1ccc(NC(=O)c2cn(-c3ccccc3)nc2-c2cccnc2)cc1. The Hall–Kier alpha value is -4.46. The number of para-hydroxylation sites is 1. The van der Waals surface area contributed by atoms with Crippen LogP contribution in [-0.4, -0.2) is 26.7 Å². The number of rotatable bonds is 5. The van der Waals surface area contributed by atoms with Crippen LogP contribution in [0.2, 0.25) is 0 Å². The number of nitrogens with one attached hydrogen (secondary N) is 2. The van der Waals surface area contributed by atoms with Crippen molar-refractivity contribution in [3.63, 3.8) is 0 Å². The summed E-state index contributed by atoms with van der Waals surface area (Å²) >= 11 is 0. The van der Waals surface area contributed by atoms with E-state index in [4.69, 9.17) is 5.73 Å².